The van der Waals surface area contributed by atoms with Crippen LogP contribution in [0.15, 0.2) is 28.7 Å². The molecule has 5 nitrogen and oxygen atoms in total. The molecule has 0 aromatic heterocycles. The first-order chi connectivity index (χ1) is 8.99. The minimum atomic E-state index is -0.950. The van der Waals surface area contributed by atoms with E-state index in [1.807, 2.05) is 13.0 Å². The maximum Gasteiger partial charge on any atom is 0.326 e. The molecule has 0 bridgehead atoms. The van der Waals surface area contributed by atoms with Gasteiger partial charge >= 0.3 is 12.0 Å². The van der Waals surface area contributed by atoms with E-state index in [2.05, 4.69) is 21.2 Å². The van der Waals surface area contributed by atoms with Crippen LogP contribution in [0, 0.1) is 5.92 Å². The van der Waals surface area contributed by atoms with Gasteiger partial charge in [0.25, 0.3) is 0 Å². The average Bonchev–Trinajstić information content (AvgIpc) is 2.71. The molecule has 1 aromatic rings. The Labute approximate surface area is 119 Å². The molecule has 6 heteroatoms. The van der Waals surface area contributed by atoms with Gasteiger partial charge in [-0.1, -0.05) is 28.9 Å². The maximum absolute atomic E-state index is 12.1. The number of urea groups is 1. The molecule has 1 fully saturated rings. The second kappa shape index (κ2) is 5.61. The lowest BCUT2D eigenvalue weighted by atomic mass is 10.0. The number of hydrogen-bond donors (Lipinski definition) is 2. The third-order valence-corrected chi connectivity index (χ3v) is 3.78. The molecule has 102 valence electrons. The summed E-state index contributed by atoms with van der Waals surface area (Å²) in [5.41, 5.74) is 0.642. The Morgan fingerprint density at radius 3 is 2.84 bits per heavy atom. The summed E-state index contributed by atoms with van der Waals surface area (Å²) >= 11 is 3.32. The van der Waals surface area contributed by atoms with Crippen molar-refractivity contribution in [3.8, 4) is 0 Å². The van der Waals surface area contributed by atoms with E-state index >= 15 is 0 Å². The van der Waals surface area contributed by atoms with Gasteiger partial charge in [-0.2, -0.15) is 0 Å². The Bertz CT molecular complexity index is 506. The summed E-state index contributed by atoms with van der Waals surface area (Å²) in [6, 6.07) is 6.08. The Morgan fingerprint density at radius 1 is 1.47 bits per heavy atom. The molecule has 2 atom stereocenters. The topological polar surface area (TPSA) is 69.6 Å². The first kappa shape index (κ1) is 13.9. The number of carbonyl (C=O) groups excluding carboxylic acids is 1. The summed E-state index contributed by atoms with van der Waals surface area (Å²) in [6.07, 6.45) is 0.711. The first-order valence-electron chi connectivity index (χ1n) is 6.05. The summed E-state index contributed by atoms with van der Waals surface area (Å²) in [4.78, 5) is 24.7. The van der Waals surface area contributed by atoms with Crippen molar-refractivity contribution < 1.29 is 14.7 Å². The Balaban J connectivity index is 2.10. The van der Waals surface area contributed by atoms with Crippen LogP contribution in [-0.4, -0.2) is 34.6 Å². The normalized spacial score (nSPS) is 22.3. The molecule has 1 aliphatic heterocycles. The monoisotopic (exact) mass is 326 g/mol. The summed E-state index contributed by atoms with van der Waals surface area (Å²) in [5.74, 6) is -0.972. The molecule has 0 spiro atoms. The highest BCUT2D eigenvalue weighted by Crippen LogP contribution is 2.25. The lowest BCUT2D eigenvalue weighted by Crippen LogP contribution is -2.44. The van der Waals surface area contributed by atoms with E-state index in [1.165, 1.54) is 4.90 Å². The van der Waals surface area contributed by atoms with Crippen molar-refractivity contribution in [2.75, 3.05) is 11.9 Å². The highest BCUT2D eigenvalue weighted by Gasteiger charge is 2.39. The molecule has 1 aliphatic rings. The van der Waals surface area contributed by atoms with Crippen LogP contribution in [0.1, 0.15) is 13.3 Å². The SMILES string of the molecule is CC1CCN(C(=O)Nc2cccc(Br)c2)C1C(=O)O. The van der Waals surface area contributed by atoms with Gasteiger partial charge in [0.05, 0.1) is 0 Å². The largest absolute Gasteiger partial charge is 0.480 e. The summed E-state index contributed by atoms with van der Waals surface area (Å²) < 4.78 is 0.856. The standard InChI is InChI=1S/C13H15BrN2O3/c1-8-5-6-16(11(8)12(17)18)13(19)15-10-4-2-3-9(14)7-10/h2-4,7-8,11H,5-6H2,1H3,(H,15,19)(H,17,18). The van der Waals surface area contributed by atoms with Crippen LogP contribution in [0.25, 0.3) is 0 Å². The summed E-state index contributed by atoms with van der Waals surface area (Å²) in [7, 11) is 0. The molecular weight excluding hydrogens is 312 g/mol. The second-order valence-electron chi connectivity index (χ2n) is 4.68. The van der Waals surface area contributed by atoms with Crippen LogP contribution >= 0.6 is 15.9 Å². The smallest absolute Gasteiger partial charge is 0.326 e. The molecular formula is C13H15BrN2O3. The number of nitrogens with one attached hydrogen (secondary N) is 1. The van der Waals surface area contributed by atoms with E-state index in [0.717, 1.165) is 4.47 Å². The van der Waals surface area contributed by atoms with Gasteiger partial charge in [0.15, 0.2) is 0 Å². The minimum Gasteiger partial charge on any atom is -0.480 e. The Morgan fingerprint density at radius 2 is 2.21 bits per heavy atom. The van der Waals surface area contributed by atoms with Gasteiger partial charge in [0, 0.05) is 16.7 Å². The molecule has 1 heterocycles. The number of halogens is 1. The number of nitrogens with zero attached hydrogens (tertiary/aromatic N) is 1. The number of amides is 2. The fourth-order valence-electron chi connectivity index (χ4n) is 2.31. The zero-order valence-corrected chi connectivity index (χ0v) is 12.1. The predicted octanol–water partition coefficient (Wildman–Crippen LogP) is 2.78. The minimum absolute atomic E-state index is 0.0224. The molecule has 19 heavy (non-hydrogen) atoms. The van der Waals surface area contributed by atoms with Crippen molar-refractivity contribution >= 4 is 33.6 Å². The third-order valence-electron chi connectivity index (χ3n) is 3.29. The molecule has 0 aliphatic carbocycles. The Kier molecular flexibility index (Phi) is 4.09. The van der Waals surface area contributed by atoms with Crippen LogP contribution in [0.4, 0.5) is 10.5 Å². The van der Waals surface area contributed by atoms with Crippen molar-refractivity contribution in [2.24, 2.45) is 5.92 Å². The number of carbonyl (C=O) groups is 2. The fraction of sp³-hybridized carbons (Fsp3) is 0.385. The molecule has 1 aromatic carbocycles. The molecule has 1 saturated heterocycles. The predicted molar refractivity (Wildman–Crippen MR) is 75.1 cm³/mol. The third kappa shape index (κ3) is 3.07. The number of rotatable bonds is 2. The fourth-order valence-corrected chi connectivity index (χ4v) is 2.71. The van der Waals surface area contributed by atoms with Gasteiger partial charge < -0.3 is 15.3 Å². The number of carboxylic acid groups (broad SMARTS) is 1. The maximum atomic E-state index is 12.1. The second-order valence-corrected chi connectivity index (χ2v) is 5.60. The van der Waals surface area contributed by atoms with Gasteiger partial charge in [-0.15, -0.1) is 0 Å². The van der Waals surface area contributed by atoms with Crippen molar-refractivity contribution in [1.29, 1.82) is 0 Å². The highest BCUT2D eigenvalue weighted by atomic mass is 79.9. The van der Waals surface area contributed by atoms with E-state index in [-0.39, 0.29) is 11.9 Å². The quantitative estimate of drug-likeness (QED) is 0.877. The molecule has 2 rings (SSSR count). The lowest BCUT2D eigenvalue weighted by molar-refractivity contribution is -0.142. The number of hydrogen-bond acceptors (Lipinski definition) is 2. The van der Waals surface area contributed by atoms with Gasteiger partial charge in [0.2, 0.25) is 0 Å². The van der Waals surface area contributed by atoms with Gasteiger partial charge in [0.1, 0.15) is 6.04 Å². The number of benzene rings is 1. The zero-order chi connectivity index (χ0) is 14.0. The molecule has 2 N–H and O–H groups in total. The van der Waals surface area contributed by atoms with E-state index in [1.54, 1.807) is 18.2 Å². The van der Waals surface area contributed by atoms with Crippen LogP contribution in [0.2, 0.25) is 0 Å². The van der Waals surface area contributed by atoms with Crippen LogP contribution in [0.3, 0.4) is 0 Å². The highest BCUT2D eigenvalue weighted by molar-refractivity contribution is 9.10. The number of aliphatic carboxylic acids is 1. The van der Waals surface area contributed by atoms with Crippen LogP contribution in [0.5, 0.6) is 0 Å². The van der Waals surface area contributed by atoms with Gasteiger partial charge in [-0.05, 0) is 30.5 Å². The summed E-state index contributed by atoms with van der Waals surface area (Å²) in [5, 5.41) is 11.9. The van der Waals surface area contributed by atoms with Crippen molar-refractivity contribution in [3.05, 3.63) is 28.7 Å². The molecule has 0 saturated carbocycles. The average molecular weight is 327 g/mol. The molecule has 0 radical (unpaired) electrons. The van der Waals surface area contributed by atoms with Crippen molar-refractivity contribution in [3.63, 3.8) is 0 Å². The molecule has 2 unspecified atom stereocenters. The first-order valence-corrected chi connectivity index (χ1v) is 6.84. The summed E-state index contributed by atoms with van der Waals surface area (Å²) in [6.45, 7) is 2.32. The van der Waals surface area contributed by atoms with E-state index in [9.17, 15) is 14.7 Å². The van der Waals surface area contributed by atoms with E-state index in [0.29, 0.717) is 18.7 Å². The van der Waals surface area contributed by atoms with Crippen LogP contribution in [-0.2, 0) is 4.79 Å². The van der Waals surface area contributed by atoms with Crippen LogP contribution < -0.4 is 5.32 Å². The lowest BCUT2D eigenvalue weighted by Gasteiger charge is -2.23. The van der Waals surface area contributed by atoms with Crippen molar-refractivity contribution in [2.45, 2.75) is 19.4 Å². The molecule has 2 amide bonds. The van der Waals surface area contributed by atoms with Gasteiger partial charge in [-0.25, -0.2) is 9.59 Å². The zero-order valence-electron chi connectivity index (χ0n) is 10.5. The van der Waals surface area contributed by atoms with Gasteiger partial charge in [-0.3, -0.25) is 0 Å². The Hall–Kier alpha value is -1.56. The number of anilines is 1. The van der Waals surface area contributed by atoms with E-state index < -0.39 is 12.0 Å². The van der Waals surface area contributed by atoms with Crippen molar-refractivity contribution in [1.82, 2.24) is 4.90 Å². The number of likely N-dealkylation sites (tertiary alicyclic amines) is 1. The van der Waals surface area contributed by atoms with E-state index in [4.69, 9.17) is 0 Å². The number of carboxylic acids is 1.